The number of hydrogen-bond donors (Lipinski definition) is 0. The zero-order valence-electron chi connectivity index (χ0n) is 8.94. The van der Waals surface area contributed by atoms with Crippen molar-refractivity contribution in [2.45, 2.75) is 45.2 Å². The predicted molar refractivity (Wildman–Crippen MR) is 60.5 cm³/mol. The number of thiazole rings is 1. The molecule has 0 radical (unpaired) electrons. The quantitative estimate of drug-likeness (QED) is 0.745. The smallest absolute Gasteiger partial charge is 0.110 e. The first-order valence-corrected chi connectivity index (χ1v) is 6.32. The number of likely N-dealkylation sites (tertiary alicyclic amines) is 1. The fraction of sp³-hybridized carbons (Fsp3) is 0.727. The Morgan fingerprint density at radius 2 is 2.36 bits per heavy atom. The van der Waals surface area contributed by atoms with E-state index in [4.69, 9.17) is 0 Å². The van der Waals surface area contributed by atoms with Crippen LogP contribution < -0.4 is 0 Å². The van der Waals surface area contributed by atoms with Gasteiger partial charge >= 0.3 is 0 Å². The molecule has 1 atom stereocenters. The van der Waals surface area contributed by atoms with E-state index in [0.29, 0.717) is 12.1 Å². The molecule has 1 aromatic heterocycles. The number of piperidine rings is 1. The fourth-order valence-corrected chi connectivity index (χ4v) is 3.03. The maximum absolute atomic E-state index is 4.45. The second-order valence-electron chi connectivity index (χ2n) is 4.21. The predicted octanol–water partition coefficient (Wildman–Crippen LogP) is 3.08. The van der Waals surface area contributed by atoms with Crippen molar-refractivity contribution in [3.8, 4) is 0 Å². The highest BCUT2D eigenvalue weighted by Gasteiger charge is 2.27. The lowest BCUT2D eigenvalue weighted by molar-refractivity contribution is 0.112. The zero-order valence-corrected chi connectivity index (χ0v) is 9.76. The van der Waals surface area contributed by atoms with Gasteiger partial charge in [-0.2, -0.15) is 0 Å². The molecule has 2 rings (SSSR count). The van der Waals surface area contributed by atoms with Gasteiger partial charge in [0.2, 0.25) is 0 Å². The largest absolute Gasteiger partial charge is 0.292 e. The van der Waals surface area contributed by atoms with Gasteiger partial charge in [-0.25, -0.2) is 4.98 Å². The molecule has 78 valence electrons. The highest BCUT2D eigenvalue weighted by Crippen LogP contribution is 2.33. The van der Waals surface area contributed by atoms with Crippen LogP contribution in [0.25, 0.3) is 0 Å². The Morgan fingerprint density at radius 3 is 3.00 bits per heavy atom. The highest BCUT2D eigenvalue weighted by atomic mass is 32.1. The summed E-state index contributed by atoms with van der Waals surface area (Å²) in [5.74, 6) is 0. The Balaban J connectivity index is 2.14. The molecule has 0 aromatic carbocycles. The molecule has 1 aliphatic heterocycles. The summed E-state index contributed by atoms with van der Waals surface area (Å²) in [5.41, 5.74) is 0. The van der Waals surface area contributed by atoms with Crippen molar-refractivity contribution in [1.82, 2.24) is 9.88 Å². The molecule has 1 aromatic rings. The van der Waals surface area contributed by atoms with Crippen LogP contribution in [0.5, 0.6) is 0 Å². The summed E-state index contributed by atoms with van der Waals surface area (Å²) in [6.45, 7) is 5.81. The molecule has 2 nitrogen and oxygen atoms in total. The topological polar surface area (TPSA) is 16.1 Å². The third kappa shape index (κ3) is 1.98. The summed E-state index contributed by atoms with van der Waals surface area (Å²) >= 11 is 1.80. The molecule has 2 heterocycles. The van der Waals surface area contributed by atoms with Crippen LogP contribution in [0.15, 0.2) is 11.6 Å². The lowest BCUT2D eigenvalue weighted by Gasteiger charge is -2.37. The monoisotopic (exact) mass is 210 g/mol. The van der Waals surface area contributed by atoms with Crippen molar-refractivity contribution in [3.63, 3.8) is 0 Å². The van der Waals surface area contributed by atoms with Crippen molar-refractivity contribution < 1.29 is 0 Å². The summed E-state index contributed by atoms with van der Waals surface area (Å²) in [7, 11) is 0. The number of rotatable bonds is 2. The zero-order chi connectivity index (χ0) is 9.97. The Bertz CT molecular complexity index is 269. The number of nitrogens with zero attached hydrogens (tertiary/aromatic N) is 2. The molecule has 1 fully saturated rings. The average Bonchev–Trinajstić information content (AvgIpc) is 2.70. The van der Waals surface area contributed by atoms with Crippen LogP contribution in [-0.2, 0) is 0 Å². The first kappa shape index (κ1) is 10.1. The third-order valence-corrected chi connectivity index (χ3v) is 3.82. The van der Waals surface area contributed by atoms with Gasteiger partial charge in [0, 0.05) is 17.6 Å². The van der Waals surface area contributed by atoms with Gasteiger partial charge < -0.3 is 0 Å². The normalized spacial score (nSPS) is 24.4. The molecule has 1 saturated heterocycles. The molecule has 0 spiro atoms. The van der Waals surface area contributed by atoms with Crippen LogP contribution >= 0.6 is 11.3 Å². The SMILES string of the molecule is CC(C)N1CCCCC1c1nccs1. The van der Waals surface area contributed by atoms with E-state index in [9.17, 15) is 0 Å². The summed E-state index contributed by atoms with van der Waals surface area (Å²) in [4.78, 5) is 7.04. The number of hydrogen-bond acceptors (Lipinski definition) is 3. The van der Waals surface area contributed by atoms with Crippen LogP contribution in [0.4, 0.5) is 0 Å². The molecular weight excluding hydrogens is 192 g/mol. The Hall–Kier alpha value is -0.410. The van der Waals surface area contributed by atoms with Crippen molar-refractivity contribution >= 4 is 11.3 Å². The Kier molecular flexibility index (Phi) is 3.19. The standard InChI is InChI=1S/C11H18N2S/c1-9(2)13-7-4-3-5-10(13)11-12-6-8-14-11/h6,8-10H,3-5,7H2,1-2H3. The van der Waals surface area contributed by atoms with E-state index in [1.165, 1.54) is 30.8 Å². The lowest BCUT2D eigenvalue weighted by atomic mass is 10.0. The van der Waals surface area contributed by atoms with Crippen LogP contribution in [0.3, 0.4) is 0 Å². The molecule has 1 aliphatic rings. The van der Waals surface area contributed by atoms with Crippen LogP contribution in [0.1, 0.15) is 44.2 Å². The van der Waals surface area contributed by atoms with E-state index in [1.54, 1.807) is 11.3 Å². The van der Waals surface area contributed by atoms with E-state index in [-0.39, 0.29) is 0 Å². The number of aromatic nitrogens is 1. The molecule has 0 saturated carbocycles. The second-order valence-corrected chi connectivity index (χ2v) is 5.14. The van der Waals surface area contributed by atoms with E-state index >= 15 is 0 Å². The van der Waals surface area contributed by atoms with E-state index in [1.807, 2.05) is 6.20 Å². The summed E-state index contributed by atoms with van der Waals surface area (Å²) in [5, 5.41) is 3.39. The molecule has 3 heteroatoms. The maximum Gasteiger partial charge on any atom is 0.110 e. The average molecular weight is 210 g/mol. The molecule has 14 heavy (non-hydrogen) atoms. The van der Waals surface area contributed by atoms with E-state index in [0.717, 1.165) is 0 Å². The highest BCUT2D eigenvalue weighted by molar-refractivity contribution is 7.09. The van der Waals surface area contributed by atoms with Gasteiger partial charge in [-0.05, 0) is 33.2 Å². The fourth-order valence-electron chi connectivity index (χ4n) is 2.24. The summed E-state index contributed by atoms with van der Waals surface area (Å²) in [6.07, 6.45) is 5.91. The van der Waals surface area contributed by atoms with Crippen LogP contribution in [-0.4, -0.2) is 22.5 Å². The molecule has 1 unspecified atom stereocenters. The molecule has 0 bridgehead atoms. The minimum Gasteiger partial charge on any atom is -0.292 e. The van der Waals surface area contributed by atoms with E-state index < -0.39 is 0 Å². The van der Waals surface area contributed by atoms with Crippen molar-refractivity contribution in [3.05, 3.63) is 16.6 Å². The van der Waals surface area contributed by atoms with Crippen molar-refractivity contribution in [2.24, 2.45) is 0 Å². The van der Waals surface area contributed by atoms with Gasteiger partial charge in [0.1, 0.15) is 5.01 Å². The van der Waals surface area contributed by atoms with Gasteiger partial charge in [-0.15, -0.1) is 11.3 Å². The minimum atomic E-state index is 0.587. The second kappa shape index (κ2) is 4.41. The van der Waals surface area contributed by atoms with Crippen molar-refractivity contribution in [2.75, 3.05) is 6.54 Å². The van der Waals surface area contributed by atoms with Crippen LogP contribution in [0.2, 0.25) is 0 Å². The van der Waals surface area contributed by atoms with E-state index in [2.05, 4.69) is 29.1 Å². The maximum atomic E-state index is 4.45. The Labute approximate surface area is 90.0 Å². The first-order valence-electron chi connectivity index (χ1n) is 5.44. The van der Waals surface area contributed by atoms with Gasteiger partial charge in [-0.1, -0.05) is 6.42 Å². The first-order chi connectivity index (χ1) is 6.79. The summed E-state index contributed by atoms with van der Waals surface area (Å²) in [6, 6.07) is 1.23. The van der Waals surface area contributed by atoms with Gasteiger partial charge in [0.25, 0.3) is 0 Å². The Morgan fingerprint density at radius 1 is 1.50 bits per heavy atom. The molecular formula is C11H18N2S. The minimum absolute atomic E-state index is 0.587. The molecule has 0 N–H and O–H groups in total. The van der Waals surface area contributed by atoms with Crippen molar-refractivity contribution in [1.29, 1.82) is 0 Å². The van der Waals surface area contributed by atoms with Gasteiger partial charge in [-0.3, -0.25) is 4.90 Å². The van der Waals surface area contributed by atoms with Gasteiger partial charge in [0.05, 0.1) is 6.04 Å². The molecule has 0 amide bonds. The summed E-state index contributed by atoms with van der Waals surface area (Å²) < 4.78 is 0. The lowest BCUT2D eigenvalue weighted by Crippen LogP contribution is -2.38. The van der Waals surface area contributed by atoms with Gasteiger partial charge in [0.15, 0.2) is 0 Å². The molecule has 0 aliphatic carbocycles. The van der Waals surface area contributed by atoms with Crippen LogP contribution in [0, 0.1) is 0 Å². The third-order valence-electron chi connectivity index (χ3n) is 2.94.